The van der Waals surface area contributed by atoms with Gasteiger partial charge in [-0.15, -0.1) is 0 Å². The maximum Gasteiger partial charge on any atom is 0.410 e. The van der Waals surface area contributed by atoms with Crippen molar-refractivity contribution in [1.29, 1.82) is 5.26 Å². The number of hydrogen-bond donors (Lipinski definition) is 1. The molecule has 1 aliphatic rings. The van der Waals surface area contributed by atoms with E-state index in [1.165, 1.54) is 0 Å². The monoisotopic (exact) mass is 343 g/mol. The summed E-state index contributed by atoms with van der Waals surface area (Å²) in [5.41, 5.74) is 0.972. The van der Waals surface area contributed by atoms with E-state index < -0.39 is 5.60 Å². The van der Waals surface area contributed by atoms with Crippen molar-refractivity contribution in [1.82, 2.24) is 10.2 Å². The molecular formula is C19H25N3O3. The second kappa shape index (κ2) is 8.02. The molecule has 1 aromatic rings. The third kappa shape index (κ3) is 5.79. The zero-order chi connectivity index (χ0) is 18.4. The molecule has 1 aliphatic heterocycles. The fraction of sp³-hybridized carbons (Fsp3) is 0.526. The second-order valence-corrected chi connectivity index (χ2v) is 7.27. The van der Waals surface area contributed by atoms with Gasteiger partial charge in [-0.2, -0.15) is 5.26 Å². The van der Waals surface area contributed by atoms with Crippen LogP contribution in [-0.2, 0) is 16.1 Å². The van der Waals surface area contributed by atoms with Crippen LogP contribution in [0.1, 0.15) is 44.7 Å². The van der Waals surface area contributed by atoms with E-state index >= 15 is 0 Å². The number of carbonyl (C=O) groups excluding carboxylic acids is 2. The molecule has 0 aromatic heterocycles. The maximum absolute atomic E-state index is 12.3. The standard InChI is InChI=1S/C19H25N3O3/c1-19(2,3)25-18(24)22-9-7-16(8-10-22)17(23)21-13-15-6-4-5-14(11-15)12-20/h4-6,11,16H,7-10,13H2,1-3H3,(H,21,23). The molecule has 134 valence electrons. The van der Waals surface area contributed by atoms with Crippen LogP contribution in [0.4, 0.5) is 4.79 Å². The van der Waals surface area contributed by atoms with Crippen LogP contribution in [0.2, 0.25) is 0 Å². The number of carbonyl (C=O) groups is 2. The van der Waals surface area contributed by atoms with E-state index in [1.807, 2.05) is 26.8 Å². The van der Waals surface area contributed by atoms with Crippen LogP contribution in [0.5, 0.6) is 0 Å². The topological polar surface area (TPSA) is 82.4 Å². The van der Waals surface area contributed by atoms with Crippen LogP contribution < -0.4 is 5.32 Å². The average molecular weight is 343 g/mol. The predicted octanol–water partition coefficient (Wildman–Crippen LogP) is 2.82. The largest absolute Gasteiger partial charge is 0.444 e. The highest BCUT2D eigenvalue weighted by Gasteiger charge is 2.29. The molecule has 0 saturated carbocycles. The zero-order valence-corrected chi connectivity index (χ0v) is 15.0. The van der Waals surface area contributed by atoms with Crippen LogP contribution in [0.3, 0.4) is 0 Å². The third-order valence-corrected chi connectivity index (χ3v) is 4.04. The Morgan fingerprint density at radius 3 is 2.60 bits per heavy atom. The lowest BCUT2D eigenvalue weighted by Gasteiger charge is -2.32. The highest BCUT2D eigenvalue weighted by Crippen LogP contribution is 2.20. The summed E-state index contributed by atoms with van der Waals surface area (Å²) in [7, 11) is 0. The predicted molar refractivity (Wildman–Crippen MR) is 93.5 cm³/mol. The van der Waals surface area contributed by atoms with Crippen molar-refractivity contribution in [3.05, 3.63) is 35.4 Å². The molecule has 2 rings (SSSR count). The van der Waals surface area contributed by atoms with Crippen molar-refractivity contribution < 1.29 is 14.3 Å². The number of piperidine rings is 1. The van der Waals surface area contributed by atoms with E-state index in [4.69, 9.17) is 10.00 Å². The molecule has 6 heteroatoms. The van der Waals surface area contributed by atoms with Crippen LogP contribution in [0.25, 0.3) is 0 Å². The van der Waals surface area contributed by atoms with Crippen molar-refractivity contribution in [3.8, 4) is 6.07 Å². The van der Waals surface area contributed by atoms with E-state index in [0.717, 1.165) is 5.56 Å². The minimum Gasteiger partial charge on any atom is -0.444 e. The normalized spacial score (nSPS) is 15.4. The Hall–Kier alpha value is -2.55. The first-order valence-corrected chi connectivity index (χ1v) is 8.53. The first-order valence-electron chi connectivity index (χ1n) is 8.53. The smallest absolute Gasteiger partial charge is 0.410 e. The molecule has 1 heterocycles. The number of nitrogens with one attached hydrogen (secondary N) is 1. The summed E-state index contributed by atoms with van der Waals surface area (Å²) in [6.07, 6.45) is 0.937. The lowest BCUT2D eigenvalue weighted by molar-refractivity contribution is -0.126. The number of nitriles is 1. The van der Waals surface area contributed by atoms with Crippen LogP contribution in [0.15, 0.2) is 24.3 Å². The van der Waals surface area contributed by atoms with Gasteiger partial charge in [-0.1, -0.05) is 12.1 Å². The fourth-order valence-electron chi connectivity index (χ4n) is 2.74. The number of hydrogen-bond acceptors (Lipinski definition) is 4. The van der Waals surface area contributed by atoms with E-state index in [-0.39, 0.29) is 17.9 Å². The summed E-state index contributed by atoms with van der Waals surface area (Å²) in [6.45, 7) is 6.97. The fourth-order valence-corrected chi connectivity index (χ4v) is 2.74. The summed E-state index contributed by atoms with van der Waals surface area (Å²) in [5.74, 6) is -0.107. The molecule has 0 spiro atoms. The Kier molecular flexibility index (Phi) is 6.02. The maximum atomic E-state index is 12.3. The van der Waals surface area contributed by atoms with E-state index in [1.54, 1.807) is 23.1 Å². The minimum absolute atomic E-state index is 0.00815. The van der Waals surface area contributed by atoms with Gasteiger partial charge in [0.05, 0.1) is 11.6 Å². The summed E-state index contributed by atoms with van der Waals surface area (Å²) in [6, 6.07) is 9.28. The van der Waals surface area contributed by atoms with E-state index in [0.29, 0.717) is 38.0 Å². The Morgan fingerprint density at radius 2 is 2.00 bits per heavy atom. The summed E-state index contributed by atoms with van der Waals surface area (Å²) in [5, 5.41) is 11.8. The molecule has 1 saturated heterocycles. The van der Waals surface area contributed by atoms with Gasteiger partial charge in [-0.25, -0.2) is 4.79 Å². The number of ether oxygens (including phenoxy) is 1. The van der Waals surface area contributed by atoms with Crippen LogP contribution in [0, 0.1) is 17.2 Å². The molecule has 1 fully saturated rings. The second-order valence-electron chi connectivity index (χ2n) is 7.27. The molecule has 0 atom stereocenters. The molecule has 0 aliphatic carbocycles. The van der Waals surface area contributed by atoms with Crippen molar-refractivity contribution in [3.63, 3.8) is 0 Å². The average Bonchev–Trinajstić information content (AvgIpc) is 2.58. The quantitative estimate of drug-likeness (QED) is 0.915. The van der Waals surface area contributed by atoms with Gasteiger partial charge < -0.3 is 15.0 Å². The van der Waals surface area contributed by atoms with E-state index in [2.05, 4.69) is 11.4 Å². The van der Waals surface area contributed by atoms with Gasteiger partial charge in [-0.05, 0) is 51.3 Å². The van der Waals surface area contributed by atoms with Crippen molar-refractivity contribution in [2.75, 3.05) is 13.1 Å². The lowest BCUT2D eigenvalue weighted by Crippen LogP contribution is -2.44. The molecule has 6 nitrogen and oxygen atoms in total. The zero-order valence-electron chi connectivity index (χ0n) is 15.0. The molecule has 0 bridgehead atoms. The highest BCUT2D eigenvalue weighted by molar-refractivity contribution is 5.79. The molecule has 0 radical (unpaired) electrons. The Balaban J connectivity index is 1.79. The van der Waals surface area contributed by atoms with Gasteiger partial charge in [0.2, 0.25) is 5.91 Å². The van der Waals surface area contributed by atoms with Gasteiger partial charge in [0.15, 0.2) is 0 Å². The molecule has 1 aromatic carbocycles. The van der Waals surface area contributed by atoms with Gasteiger partial charge in [0.1, 0.15) is 5.60 Å². The third-order valence-electron chi connectivity index (χ3n) is 4.04. The highest BCUT2D eigenvalue weighted by atomic mass is 16.6. The summed E-state index contributed by atoms with van der Waals surface area (Å²) in [4.78, 5) is 26.0. The minimum atomic E-state index is -0.511. The van der Waals surface area contributed by atoms with Crippen LogP contribution >= 0.6 is 0 Å². The lowest BCUT2D eigenvalue weighted by atomic mass is 9.96. The molecular weight excluding hydrogens is 318 g/mol. The number of nitrogens with zero attached hydrogens (tertiary/aromatic N) is 2. The molecule has 25 heavy (non-hydrogen) atoms. The Bertz CT molecular complexity index is 665. The number of rotatable bonds is 3. The van der Waals surface area contributed by atoms with Crippen molar-refractivity contribution in [2.24, 2.45) is 5.92 Å². The SMILES string of the molecule is CC(C)(C)OC(=O)N1CCC(C(=O)NCc2cccc(C#N)c2)CC1. The van der Waals surface area contributed by atoms with Crippen LogP contribution in [-0.4, -0.2) is 35.6 Å². The van der Waals surface area contributed by atoms with Gasteiger partial charge >= 0.3 is 6.09 Å². The Morgan fingerprint density at radius 1 is 1.32 bits per heavy atom. The van der Waals surface area contributed by atoms with Crippen molar-refractivity contribution in [2.45, 2.75) is 45.8 Å². The molecule has 1 N–H and O–H groups in total. The van der Waals surface area contributed by atoms with Crippen molar-refractivity contribution >= 4 is 12.0 Å². The summed E-state index contributed by atoms with van der Waals surface area (Å²) >= 11 is 0. The number of benzene rings is 1. The van der Waals surface area contributed by atoms with Gasteiger partial charge in [-0.3, -0.25) is 4.79 Å². The van der Waals surface area contributed by atoms with E-state index in [9.17, 15) is 9.59 Å². The Labute approximate surface area is 148 Å². The summed E-state index contributed by atoms with van der Waals surface area (Å²) < 4.78 is 5.36. The molecule has 2 amide bonds. The molecule has 0 unspecified atom stereocenters. The van der Waals surface area contributed by atoms with Gasteiger partial charge in [0.25, 0.3) is 0 Å². The number of likely N-dealkylation sites (tertiary alicyclic amines) is 1. The first-order chi connectivity index (χ1) is 11.8. The van der Waals surface area contributed by atoms with Gasteiger partial charge in [0, 0.05) is 25.6 Å². The number of amides is 2. The first kappa shape index (κ1) is 18.8.